The van der Waals surface area contributed by atoms with Crippen LogP contribution in [0.5, 0.6) is 11.5 Å². The van der Waals surface area contributed by atoms with E-state index in [2.05, 4.69) is 5.32 Å². The van der Waals surface area contributed by atoms with Crippen molar-refractivity contribution in [3.8, 4) is 11.5 Å². The highest BCUT2D eigenvalue weighted by Crippen LogP contribution is 2.45. The lowest BCUT2D eigenvalue weighted by Crippen LogP contribution is -2.59. The van der Waals surface area contributed by atoms with Crippen LogP contribution in [0.3, 0.4) is 0 Å². The Balaban J connectivity index is 1.93. The zero-order chi connectivity index (χ0) is 18.7. The fourth-order valence-corrected chi connectivity index (χ4v) is 4.14. The Kier molecular flexibility index (Phi) is 5.36. The number of nitrogens with one attached hydrogen (secondary N) is 1. The first kappa shape index (κ1) is 18.5. The monoisotopic (exact) mass is 362 g/mol. The van der Waals surface area contributed by atoms with Gasteiger partial charge in [0.1, 0.15) is 6.04 Å². The molecule has 1 heterocycles. The van der Waals surface area contributed by atoms with Gasteiger partial charge in [0.2, 0.25) is 5.91 Å². The van der Waals surface area contributed by atoms with Crippen LogP contribution >= 0.6 is 0 Å². The average molecular weight is 362 g/mol. The van der Waals surface area contributed by atoms with Gasteiger partial charge >= 0.3 is 5.97 Å². The molecule has 142 valence electrons. The largest absolute Gasteiger partial charge is 0.493 e. The second kappa shape index (κ2) is 7.53. The summed E-state index contributed by atoms with van der Waals surface area (Å²) in [5, 5.41) is 12.2. The molecule has 7 heteroatoms. The first-order valence-electron chi connectivity index (χ1n) is 9.00. The van der Waals surface area contributed by atoms with Gasteiger partial charge in [0.05, 0.1) is 19.6 Å². The van der Waals surface area contributed by atoms with Gasteiger partial charge in [-0.2, -0.15) is 0 Å². The summed E-state index contributed by atoms with van der Waals surface area (Å²) in [5.74, 6) is 0.335. The van der Waals surface area contributed by atoms with Crippen LogP contribution in [0.15, 0.2) is 18.2 Å². The second-order valence-corrected chi connectivity index (χ2v) is 6.96. The van der Waals surface area contributed by atoms with E-state index < -0.39 is 17.4 Å². The number of amides is 1. The number of aliphatic carboxylic acids is 1. The SMILES string of the molecule is COc1ccc(C2(C(=O)N3CCNC(C(=O)O)C3)CCCC2)cc1OC. The summed E-state index contributed by atoms with van der Waals surface area (Å²) < 4.78 is 10.7. The Morgan fingerprint density at radius 3 is 2.50 bits per heavy atom. The molecule has 1 unspecified atom stereocenters. The lowest BCUT2D eigenvalue weighted by atomic mass is 9.77. The van der Waals surface area contributed by atoms with Gasteiger partial charge in [-0.05, 0) is 30.5 Å². The number of piperazine rings is 1. The highest BCUT2D eigenvalue weighted by atomic mass is 16.5. The number of ether oxygens (including phenoxy) is 2. The van der Waals surface area contributed by atoms with E-state index in [1.165, 1.54) is 0 Å². The first-order valence-corrected chi connectivity index (χ1v) is 9.00. The molecule has 1 saturated carbocycles. The summed E-state index contributed by atoms with van der Waals surface area (Å²) in [7, 11) is 3.17. The summed E-state index contributed by atoms with van der Waals surface area (Å²) in [6, 6.07) is 4.94. The van der Waals surface area contributed by atoms with Crippen molar-refractivity contribution in [2.75, 3.05) is 33.9 Å². The van der Waals surface area contributed by atoms with Gasteiger partial charge in [0.15, 0.2) is 11.5 Å². The Morgan fingerprint density at radius 1 is 1.19 bits per heavy atom. The van der Waals surface area contributed by atoms with E-state index in [0.29, 0.717) is 24.6 Å². The number of hydrogen-bond donors (Lipinski definition) is 2. The predicted molar refractivity (Wildman–Crippen MR) is 95.7 cm³/mol. The van der Waals surface area contributed by atoms with Gasteiger partial charge in [0, 0.05) is 19.6 Å². The zero-order valence-electron chi connectivity index (χ0n) is 15.3. The minimum Gasteiger partial charge on any atom is -0.493 e. The highest BCUT2D eigenvalue weighted by molar-refractivity contribution is 5.89. The molecule has 0 aromatic heterocycles. The summed E-state index contributed by atoms with van der Waals surface area (Å²) in [6.45, 7) is 1.21. The minimum atomic E-state index is -0.922. The molecule has 1 saturated heterocycles. The summed E-state index contributed by atoms with van der Waals surface area (Å²) in [5.41, 5.74) is 0.308. The van der Waals surface area contributed by atoms with Gasteiger partial charge in [-0.3, -0.25) is 9.59 Å². The van der Waals surface area contributed by atoms with Crippen LogP contribution in [-0.2, 0) is 15.0 Å². The Hall–Kier alpha value is -2.28. The van der Waals surface area contributed by atoms with Gasteiger partial charge in [-0.25, -0.2) is 0 Å². The van der Waals surface area contributed by atoms with E-state index in [1.807, 2.05) is 18.2 Å². The maximum absolute atomic E-state index is 13.5. The van der Waals surface area contributed by atoms with Crippen molar-refractivity contribution in [2.45, 2.75) is 37.1 Å². The van der Waals surface area contributed by atoms with Crippen LogP contribution in [0.2, 0.25) is 0 Å². The van der Waals surface area contributed by atoms with Gasteiger partial charge in [-0.1, -0.05) is 18.9 Å². The summed E-state index contributed by atoms with van der Waals surface area (Å²) in [6.07, 6.45) is 3.50. The number of carboxylic acids is 1. The Bertz CT molecular complexity index is 685. The van der Waals surface area contributed by atoms with Gasteiger partial charge < -0.3 is 24.8 Å². The lowest BCUT2D eigenvalue weighted by molar-refractivity contribution is -0.144. The fourth-order valence-electron chi connectivity index (χ4n) is 4.14. The van der Waals surface area contributed by atoms with E-state index in [-0.39, 0.29) is 12.5 Å². The van der Waals surface area contributed by atoms with Crippen molar-refractivity contribution < 1.29 is 24.2 Å². The van der Waals surface area contributed by atoms with Crippen LogP contribution in [0.1, 0.15) is 31.2 Å². The number of carboxylic acid groups (broad SMARTS) is 1. The predicted octanol–water partition coefficient (Wildman–Crippen LogP) is 1.40. The van der Waals surface area contributed by atoms with Gasteiger partial charge in [-0.15, -0.1) is 0 Å². The van der Waals surface area contributed by atoms with E-state index >= 15 is 0 Å². The normalized spacial score (nSPS) is 22.1. The fraction of sp³-hybridized carbons (Fsp3) is 0.579. The molecule has 1 aromatic carbocycles. The summed E-state index contributed by atoms with van der Waals surface area (Å²) >= 11 is 0. The molecule has 1 aliphatic carbocycles. The van der Waals surface area contributed by atoms with E-state index in [0.717, 1.165) is 31.2 Å². The van der Waals surface area contributed by atoms with Crippen LogP contribution in [-0.4, -0.2) is 61.8 Å². The number of hydrogen-bond acceptors (Lipinski definition) is 5. The molecule has 7 nitrogen and oxygen atoms in total. The van der Waals surface area contributed by atoms with Crippen LogP contribution < -0.4 is 14.8 Å². The molecule has 3 rings (SSSR count). The second-order valence-electron chi connectivity index (χ2n) is 6.96. The molecule has 2 fully saturated rings. The summed E-state index contributed by atoms with van der Waals surface area (Å²) in [4.78, 5) is 26.5. The third-order valence-electron chi connectivity index (χ3n) is 5.56. The molecule has 1 aliphatic heterocycles. The number of methoxy groups -OCH3 is 2. The van der Waals surface area contributed by atoms with Crippen LogP contribution in [0, 0.1) is 0 Å². The molecule has 0 bridgehead atoms. The third kappa shape index (κ3) is 3.23. The topological polar surface area (TPSA) is 88.1 Å². The van der Waals surface area contributed by atoms with Crippen molar-refractivity contribution in [2.24, 2.45) is 0 Å². The number of carbonyl (C=O) groups is 2. The Morgan fingerprint density at radius 2 is 1.88 bits per heavy atom. The van der Waals surface area contributed by atoms with E-state index in [1.54, 1.807) is 19.1 Å². The molecule has 2 N–H and O–H groups in total. The zero-order valence-corrected chi connectivity index (χ0v) is 15.3. The minimum absolute atomic E-state index is 0.0231. The van der Waals surface area contributed by atoms with Crippen molar-refractivity contribution in [1.29, 1.82) is 0 Å². The number of rotatable bonds is 5. The molecule has 0 spiro atoms. The van der Waals surface area contributed by atoms with E-state index in [9.17, 15) is 14.7 Å². The Labute approximate surface area is 153 Å². The smallest absolute Gasteiger partial charge is 0.322 e. The number of nitrogens with zero attached hydrogens (tertiary/aromatic N) is 1. The van der Waals surface area contributed by atoms with Gasteiger partial charge in [0.25, 0.3) is 0 Å². The number of carbonyl (C=O) groups excluding carboxylic acids is 1. The maximum atomic E-state index is 13.5. The van der Waals surface area contributed by atoms with Crippen molar-refractivity contribution >= 4 is 11.9 Å². The average Bonchev–Trinajstić information content (AvgIpc) is 3.18. The molecular formula is C19H26N2O5. The maximum Gasteiger partial charge on any atom is 0.322 e. The number of benzene rings is 1. The standard InChI is InChI=1S/C19H26N2O5/c1-25-15-6-5-13(11-16(15)26-2)19(7-3-4-8-19)18(24)21-10-9-20-14(12-21)17(22)23/h5-6,11,14,20H,3-4,7-10,12H2,1-2H3,(H,22,23). The lowest BCUT2D eigenvalue weighted by Gasteiger charge is -2.39. The van der Waals surface area contributed by atoms with Crippen molar-refractivity contribution in [1.82, 2.24) is 10.2 Å². The van der Waals surface area contributed by atoms with Crippen LogP contribution in [0.25, 0.3) is 0 Å². The third-order valence-corrected chi connectivity index (χ3v) is 5.56. The molecule has 26 heavy (non-hydrogen) atoms. The van der Waals surface area contributed by atoms with Crippen molar-refractivity contribution in [3.05, 3.63) is 23.8 Å². The highest BCUT2D eigenvalue weighted by Gasteiger charge is 2.46. The van der Waals surface area contributed by atoms with Crippen molar-refractivity contribution in [3.63, 3.8) is 0 Å². The van der Waals surface area contributed by atoms with E-state index in [4.69, 9.17) is 9.47 Å². The molecular weight excluding hydrogens is 336 g/mol. The molecule has 1 aromatic rings. The molecule has 1 amide bonds. The quantitative estimate of drug-likeness (QED) is 0.823. The molecule has 0 radical (unpaired) electrons. The first-order chi connectivity index (χ1) is 12.5. The molecule has 2 aliphatic rings. The van der Waals surface area contributed by atoms with Crippen LogP contribution in [0.4, 0.5) is 0 Å². The molecule has 1 atom stereocenters.